The van der Waals surface area contributed by atoms with E-state index < -0.39 is 5.97 Å². The number of hydrogen-bond acceptors (Lipinski definition) is 3. The molecule has 1 amide bonds. The number of amides is 1. The lowest BCUT2D eigenvalue weighted by atomic mass is 10.3. The summed E-state index contributed by atoms with van der Waals surface area (Å²) in [4.78, 5) is 23.8. The number of aliphatic carboxylic acids is 1. The van der Waals surface area contributed by atoms with Crippen molar-refractivity contribution in [2.45, 2.75) is 39.5 Å². The van der Waals surface area contributed by atoms with Crippen molar-refractivity contribution < 1.29 is 14.7 Å². The van der Waals surface area contributed by atoms with Crippen LogP contribution in [-0.4, -0.2) is 46.5 Å². The number of hydrogen-bond donors (Lipinski definition) is 1. The molecular formula is C12H23NO3S. The highest BCUT2D eigenvalue weighted by Gasteiger charge is 2.12. The lowest BCUT2D eigenvalue weighted by Gasteiger charge is -2.19. The van der Waals surface area contributed by atoms with E-state index in [0.29, 0.717) is 19.5 Å². The Morgan fingerprint density at radius 1 is 1.18 bits per heavy atom. The molecule has 1 N–H and O–H groups in total. The summed E-state index contributed by atoms with van der Waals surface area (Å²) in [5.41, 5.74) is 0. The molecule has 0 fully saturated rings. The molecule has 0 heterocycles. The second-order valence-corrected chi connectivity index (χ2v) is 5.06. The number of unbranched alkanes of at least 4 members (excludes halogenated alkanes) is 1. The fourth-order valence-electron chi connectivity index (χ4n) is 1.36. The zero-order valence-corrected chi connectivity index (χ0v) is 11.6. The van der Waals surface area contributed by atoms with Crippen molar-refractivity contribution in [1.29, 1.82) is 0 Å². The van der Waals surface area contributed by atoms with E-state index in [1.165, 1.54) is 12.8 Å². The Kier molecular flexibility index (Phi) is 10.0. The van der Waals surface area contributed by atoms with Gasteiger partial charge in [-0.05, 0) is 19.1 Å². The van der Waals surface area contributed by atoms with E-state index >= 15 is 0 Å². The van der Waals surface area contributed by atoms with Gasteiger partial charge >= 0.3 is 5.97 Å². The SMILES string of the molecule is CCCCSCCC(=O)N(CC)CCC(=O)O. The third-order valence-corrected chi connectivity index (χ3v) is 3.50. The van der Waals surface area contributed by atoms with Crippen molar-refractivity contribution >= 4 is 23.6 Å². The molecule has 0 bridgehead atoms. The maximum absolute atomic E-state index is 11.7. The fourth-order valence-corrected chi connectivity index (χ4v) is 2.37. The Labute approximate surface area is 108 Å². The van der Waals surface area contributed by atoms with Gasteiger partial charge in [0.1, 0.15) is 0 Å². The van der Waals surface area contributed by atoms with Crippen molar-refractivity contribution in [2.24, 2.45) is 0 Å². The van der Waals surface area contributed by atoms with E-state index in [9.17, 15) is 9.59 Å². The average Bonchev–Trinajstić information content (AvgIpc) is 2.29. The van der Waals surface area contributed by atoms with Gasteiger partial charge in [-0.1, -0.05) is 13.3 Å². The first-order chi connectivity index (χ1) is 8.11. The molecule has 100 valence electrons. The number of thioether (sulfide) groups is 1. The maximum Gasteiger partial charge on any atom is 0.305 e. The van der Waals surface area contributed by atoms with Crippen LogP contribution in [0.3, 0.4) is 0 Å². The number of carbonyl (C=O) groups is 2. The van der Waals surface area contributed by atoms with Gasteiger partial charge in [0.25, 0.3) is 0 Å². The molecule has 0 atom stereocenters. The van der Waals surface area contributed by atoms with E-state index in [1.807, 2.05) is 6.92 Å². The molecule has 0 spiro atoms. The maximum atomic E-state index is 11.7. The molecule has 0 rings (SSSR count). The first-order valence-corrected chi connectivity index (χ1v) is 7.34. The Bertz CT molecular complexity index is 234. The van der Waals surface area contributed by atoms with Crippen LogP contribution >= 0.6 is 11.8 Å². The molecule has 5 heteroatoms. The lowest BCUT2D eigenvalue weighted by Crippen LogP contribution is -2.33. The molecule has 0 saturated carbocycles. The Hall–Kier alpha value is -0.710. The fraction of sp³-hybridized carbons (Fsp3) is 0.833. The summed E-state index contributed by atoms with van der Waals surface area (Å²) >= 11 is 1.79. The van der Waals surface area contributed by atoms with Gasteiger partial charge in [0, 0.05) is 25.3 Å². The predicted octanol–water partition coefficient (Wildman–Crippen LogP) is 2.23. The van der Waals surface area contributed by atoms with Gasteiger partial charge in [0.15, 0.2) is 0 Å². The van der Waals surface area contributed by atoms with Crippen LogP contribution in [0, 0.1) is 0 Å². The van der Waals surface area contributed by atoms with Crippen LogP contribution in [0.2, 0.25) is 0 Å². The standard InChI is InChI=1S/C12H23NO3S/c1-3-5-9-17-10-7-11(14)13(4-2)8-6-12(15)16/h3-10H2,1-2H3,(H,15,16). The first kappa shape index (κ1) is 16.3. The van der Waals surface area contributed by atoms with Gasteiger partial charge in [-0.25, -0.2) is 0 Å². The largest absolute Gasteiger partial charge is 0.481 e. The molecule has 0 aliphatic heterocycles. The van der Waals surface area contributed by atoms with Crippen LogP contribution in [0.15, 0.2) is 0 Å². The third-order valence-electron chi connectivity index (χ3n) is 2.43. The summed E-state index contributed by atoms with van der Waals surface area (Å²) in [5.74, 6) is 1.15. The minimum atomic E-state index is -0.853. The quantitative estimate of drug-likeness (QED) is 0.613. The van der Waals surface area contributed by atoms with E-state index in [1.54, 1.807) is 16.7 Å². The minimum absolute atomic E-state index is 0.0303. The van der Waals surface area contributed by atoms with E-state index in [-0.39, 0.29) is 12.3 Å². The second-order valence-electron chi connectivity index (χ2n) is 3.83. The number of carboxylic acid groups (broad SMARTS) is 1. The van der Waals surface area contributed by atoms with Crippen LogP contribution in [0.25, 0.3) is 0 Å². The normalized spacial score (nSPS) is 10.2. The van der Waals surface area contributed by atoms with E-state index in [0.717, 1.165) is 11.5 Å². The van der Waals surface area contributed by atoms with E-state index in [2.05, 4.69) is 6.92 Å². The zero-order chi connectivity index (χ0) is 13.1. The van der Waals surface area contributed by atoms with Crippen molar-refractivity contribution in [3.8, 4) is 0 Å². The van der Waals surface area contributed by atoms with E-state index in [4.69, 9.17) is 5.11 Å². The van der Waals surface area contributed by atoms with Gasteiger partial charge in [0.2, 0.25) is 5.91 Å². The van der Waals surface area contributed by atoms with Crippen LogP contribution in [-0.2, 0) is 9.59 Å². The summed E-state index contributed by atoms with van der Waals surface area (Å²) < 4.78 is 0. The monoisotopic (exact) mass is 261 g/mol. The highest BCUT2D eigenvalue weighted by atomic mass is 32.2. The molecule has 0 unspecified atom stereocenters. The van der Waals surface area contributed by atoms with Crippen molar-refractivity contribution in [1.82, 2.24) is 4.90 Å². The van der Waals surface area contributed by atoms with Crippen molar-refractivity contribution in [2.75, 3.05) is 24.6 Å². The van der Waals surface area contributed by atoms with Gasteiger partial charge in [-0.2, -0.15) is 11.8 Å². The molecule has 0 aliphatic rings. The lowest BCUT2D eigenvalue weighted by molar-refractivity contribution is -0.138. The highest BCUT2D eigenvalue weighted by Crippen LogP contribution is 2.07. The summed E-state index contributed by atoms with van der Waals surface area (Å²) in [5, 5.41) is 8.57. The van der Waals surface area contributed by atoms with Crippen LogP contribution < -0.4 is 0 Å². The molecule has 17 heavy (non-hydrogen) atoms. The Balaban J connectivity index is 3.72. The second kappa shape index (κ2) is 10.4. The van der Waals surface area contributed by atoms with Gasteiger partial charge in [-0.3, -0.25) is 9.59 Å². The highest BCUT2D eigenvalue weighted by molar-refractivity contribution is 7.99. The Morgan fingerprint density at radius 2 is 1.88 bits per heavy atom. The van der Waals surface area contributed by atoms with Crippen LogP contribution in [0.1, 0.15) is 39.5 Å². The molecular weight excluding hydrogens is 238 g/mol. The molecule has 0 aliphatic carbocycles. The average molecular weight is 261 g/mol. The number of rotatable bonds is 10. The van der Waals surface area contributed by atoms with Crippen molar-refractivity contribution in [3.05, 3.63) is 0 Å². The molecule has 0 radical (unpaired) electrons. The van der Waals surface area contributed by atoms with Gasteiger partial charge < -0.3 is 10.0 Å². The third kappa shape index (κ3) is 9.03. The topological polar surface area (TPSA) is 57.6 Å². The van der Waals surface area contributed by atoms with Gasteiger partial charge in [-0.15, -0.1) is 0 Å². The Morgan fingerprint density at radius 3 is 2.41 bits per heavy atom. The van der Waals surface area contributed by atoms with Gasteiger partial charge in [0.05, 0.1) is 6.42 Å². The number of carboxylic acids is 1. The predicted molar refractivity (Wildman–Crippen MR) is 71.4 cm³/mol. The summed E-state index contributed by atoms with van der Waals surface area (Å²) in [6.45, 7) is 4.94. The number of nitrogens with zero attached hydrogens (tertiary/aromatic N) is 1. The minimum Gasteiger partial charge on any atom is -0.481 e. The molecule has 0 aromatic heterocycles. The summed E-state index contributed by atoms with van der Waals surface area (Å²) in [6, 6.07) is 0. The van der Waals surface area contributed by atoms with Crippen molar-refractivity contribution in [3.63, 3.8) is 0 Å². The first-order valence-electron chi connectivity index (χ1n) is 6.19. The molecule has 4 nitrogen and oxygen atoms in total. The van der Waals surface area contributed by atoms with Crippen LogP contribution in [0.4, 0.5) is 0 Å². The summed E-state index contributed by atoms with van der Waals surface area (Å²) in [6.07, 6.45) is 2.92. The zero-order valence-electron chi connectivity index (χ0n) is 10.8. The molecule has 0 saturated heterocycles. The smallest absolute Gasteiger partial charge is 0.305 e. The summed E-state index contributed by atoms with van der Waals surface area (Å²) in [7, 11) is 0. The molecule has 0 aromatic carbocycles. The molecule has 0 aromatic rings. The number of carbonyl (C=O) groups excluding carboxylic acids is 1. The van der Waals surface area contributed by atoms with Crippen LogP contribution in [0.5, 0.6) is 0 Å².